The summed E-state index contributed by atoms with van der Waals surface area (Å²) in [5.74, 6) is -3.91. The molecule has 0 aliphatic heterocycles. The Labute approximate surface area is 175 Å². The van der Waals surface area contributed by atoms with Crippen LogP contribution in [0, 0.1) is 11.6 Å². The largest absolute Gasteiger partial charge is 0.478 e. The van der Waals surface area contributed by atoms with Crippen LogP contribution >= 0.6 is 11.6 Å². The smallest absolute Gasteiger partial charge is 0.335 e. The molecule has 0 spiro atoms. The lowest BCUT2D eigenvalue weighted by Crippen LogP contribution is -2.27. The number of hydrogen-bond acceptors (Lipinski definition) is 4. The number of ether oxygens (including phenoxy) is 1. The van der Waals surface area contributed by atoms with E-state index in [2.05, 4.69) is 10.3 Å². The highest BCUT2D eigenvalue weighted by atomic mass is 35.5. The molecule has 1 heterocycles. The molecule has 0 radical (unpaired) electrons. The van der Waals surface area contributed by atoms with E-state index >= 15 is 0 Å². The van der Waals surface area contributed by atoms with Crippen LogP contribution in [0.2, 0.25) is 5.02 Å². The molecule has 2 N–H and O–H groups in total. The fourth-order valence-electron chi connectivity index (χ4n) is 2.60. The summed E-state index contributed by atoms with van der Waals surface area (Å²) in [4.78, 5) is 27.6. The van der Waals surface area contributed by atoms with E-state index in [1.165, 1.54) is 24.4 Å². The normalized spacial score (nSPS) is 11.6. The molecule has 30 heavy (non-hydrogen) atoms. The van der Waals surface area contributed by atoms with Gasteiger partial charge in [0.25, 0.3) is 5.91 Å². The SMILES string of the molecule is CC(NC(=O)c1cc(Cl)cnc1Oc1cc(F)ccc1F)c1ccc(C(=O)O)cc1. The van der Waals surface area contributed by atoms with Gasteiger partial charge in [-0.15, -0.1) is 0 Å². The molecule has 3 rings (SSSR count). The summed E-state index contributed by atoms with van der Waals surface area (Å²) in [5.41, 5.74) is 0.686. The van der Waals surface area contributed by atoms with Crippen molar-refractivity contribution >= 4 is 23.5 Å². The van der Waals surface area contributed by atoms with Crippen LogP contribution in [0.15, 0.2) is 54.7 Å². The van der Waals surface area contributed by atoms with E-state index in [0.29, 0.717) is 5.56 Å². The van der Waals surface area contributed by atoms with Gasteiger partial charge >= 0.3 is 5.97 Å². The van der Waals surface area contributed by atoms with Crippen molar-refractivity contribution < 1.29 is 28.2 Å². The van der Waals surface area contributed by atoms with E-state index in [1.54, 1.807) is 19.1 Å². The fourth-order valence-corrected chi connectivity index (χ4v) is 2.76. The number of benzene rings is 2. The van der Waals surface area contributed by atoms with Gasteiger partial charge < -0.3 is 15.2 Å². The summed E-state index contributed by atoms with van der Waals surface area (Å²) in [6, 6.07) is 9.43. The Morgan fingerprint density at radius 2 is 1.83 bits per heavy atom. The van der Waals surface area contributed by atoms with Gasteiger partial charge in [-0.25, -0.2) is 18.6 Å². The van der Waals surface area contributed by atoms with E-state index < -0.39 is 35.3 Å². The van der Waals surface area contributed by atoms with E-state index in [4.69, 9.17) is 21.4 Å². The Morgan fingerprint density at radius 1 is 1.13 bits per heavy atom. The first kappa shape index (κ1) is 21.2. The Morgan fingerprint density at radius 3 is 2.50 bits per heavy atom. The summed E-state index contributed by atoms with van der Waals surface area (Å²) in [6.45, 7) is 1.69. The lowest BCUT2D eigenvalue weighted by molar-refractivity contribution is 0.0696. The van der Waals surface area contributed by atoms with E-state index in [9.17, 15) is 18.4 Å². The molecule has 6 nitrogen and oxygen atoms in total. The second-order valence-electron chi connectivity index (χ2n) is 6.31. The molecule has 3 aromatic rings. The molecule has 0 saturated carbocycles. The van der Waals surface area contributed by atoms with E-state index in [1.807, 2.05) is 0 Å². The summed E-state index contributed by atoms with van der Waals surface area (Å²) in [7, 11) is 0. The van der Waals surface area contributed by atoms with Gasteiger partial charge in [-0.2, -0.15) is 0 Å². The predicted molar refractivity (Wildman–Crippen MR) is 105 cm³/mol. The molecule has 1 amide bonds. The van der Waals surface area contributed by atoms with Crippen molar-refractivity contribution in [2.45, 2.75) is 13.0 Å². The molecule has 1 atom stereocenters. The number of carboxylic acids is 1. The van der Waals surface area contributed by atoms with Crippen LogP contribution in [0.4, 0.5) is 8.78 Å². The number of pyridine rings is 1. The highest BCUT2D eigenvalue weighted by Crippen LogP contribution is 2.28. The van der Waals surface area contributed by atoms with Gasteiger partial charge in [0.15, 0.2) is 11.6 Å². The van der Waals surface area contributed by atoms with Crippen LogP contribution in [0.1, 0.15) is 39.2 Å². The molecular formula is C21H15ClF2N2O4. The number of rotatable bonds is 6. The van der Waals surface area contributed by atoms with Crippen molar-refractivity contribution in [3.8, 4) is 11.6 Å². The monoisotopic (exact) mass is 432 g/mol. The minimum absolute atomic E-state index is 0.0832. The van der Waals surface area contributed by atoms with Crippen molar-refractivity contribution in [3.05, 3.63) is 88.1 Å². The molecule has 1 unspecified atom stereocenters. The average Bonchev–Trinajstić information content (AvgIpc) is 2.71. The molecule has 0 saturated heterocycles. The molecule has 0 aliphatic carbocycles. The highest BCUT2D eigenvalue weighted by molar-refractivity contribution is 6.30. The third-order valence-electron chi connectivity index (χ3n) is 4.17. The molecule has 0 fully saturated rings. The van der Waals surface area contributed by atoms with Crippen molar-refractivity contribution in [2.75, 3.05) is 0 Å². The van der Waals surface area contributed by atoms with Gasteiger partial charge in [-0.1, -0.05) is 23.7 Å². The Balaban J connectivity index is 1.83. The molecule has 0 aliphatic rings. The lowest BCUT2D eigenvalue weighted by atomic mass is 10.1. The maximum Gasteiger partial charge on any atom is 0.335 e. The average molecular weight is 433 g/mol. The molecule has 0 bridgehead atoms. The first-order chi connectivity index (χ1) is 14.2. The topological polar surface area (TPSA) is 88.5 Å². The molecule has 154 valence electrons. The number of carboxylic acid groups (broad SMARTS) is 1. The predicted octanol–water partition coefficient (Wildman–Crippen LogP) is 4.99. The van der Waals surface area contributed by atoms with Crippen LogP contribution in [0.3, 0.4) is 0 Å². The van der Waals surface area contributed by atoms with Gasteiger partial charge in [-0.3, -0.25) is 4.79 Å². The molecule has 2 aromatic carbocycles. The molecular weight excluding hydrogens is 418 g/mol. The number of aromatic nitrogens is 1. The van der Waals surface area contributed by atoms with Gasteiger partial charge in [-0.05, 0) is 42.8 Å². The number of halogens is 3. The maximum absolute atomic E-state index is 13.9. The van der Waals surface area contributed by atoms with Crippen LogP contribution in [0.25, 0.3) is 0 Å². The minimum Gasteiger partial charge on any atom is -0.478 e. The quantitative estimate of drug-likeness (QED) is 0.572. The third-order valence-corrected chi connectivity index (χ3v) is 4.37. The Bertz CT molecular complexity index is 1110. The zero-order chi connectivity index (χ0) is 21.8. The molecule has 1 aromatic heterocycles. The standard InChI is InChI=1S/C21H15ClF2N2O4/c1-11(12-2-4-13(5-3-12)21(28)29)26-19(27)16-8-14(22)10-25-20(16)30-18-9-15(23)6-7-17(18)24/h2-11H,1H3,(H,26,27)(H,28,29). The number of nitrogens with one attached hydrogen (secondary N) is 1. The zero-order valence-corrected chi connectivity index (χ0v) is 16.3. The van der Waals surface area contributed by atoms with Gasteiger partial charge in [0.05, 0.1) is 16.6 Å². The van der Waals surface area contributed by atoms with Crippen LogP contribution < -0.4 is 10.1 Å². The van der Waals surface area contributed by atoms with Crippen LogP contribution in [0.5, 0.6) is 11.6 Å². The maximum atomic E-state index is 13.9. The third kappa shape index (κ3) is 4.90. The number of carbonyl (C=O) groups is 2. The number of amides is 1. The van der Waals surface area contributed by atoms with E-state index in [-0.39, 0.29) is 22.0 Å². The number of aromatic carboxylic acids is 1. The first-order valence-corrected chi connectivity index (χ1v) is 9.05. The summed E-state index contributed by atoms with van der Waals surface area (Å²) in [5, 5.41) is 11.8. The summed E-state index contributed by atoms with van der Waals surface area (Å²) < 4.78 is 32.6. The highest BCUT2D eigenvalue weighted by Gasteiger charge is 2.20. The van der Waals surface area contributed by atoms with Crippen molar-refractivity contribution in [1.29, 1.82) is 0 Å². The van der Waals surface area contributed by atoms with Gasteiger partial charge in [0.1, 0.15) is 11.4 Å². The number of hydrogen-bond donors (Lipinski definition) is 2. The summed E-state index contributed by atoms with van der Waals surface area (Å²) in [6.07, 6.45) is 1.21. The van der Waals surface area contributed by atoms with Gasteiger partial charge in [0, 0.05) is 12.3 Å². The Kier molecular flexibility index (Phi) is 6.27. The number of carbonyl (C=O) groups excluding carboxylic acids is 1. The van der Waals surface area contributed by atoms with Crippen LogP contribution in [-0.4, -0.2) is 22.0 Å². The first-order valence-electron chi connectivity index (χ1n) is 8.67. The molecule has 9 heteroatoms. The second kappa shape index (κ2) is 8.87. The number of nitrogens with zero attached hydrogens (tertiary/aromatic N) is 1. The second-order valence-corrected chi connectivity index (χ2v) is 6.74. The summed E-state index contributed by atoms with van der Waals surface area (Å²) >= 11 is 5.93. The zero-order valence-electron chi connectivity index (χ0n) is 15.5. The Hall–Kier alpha value is -3.52. The lowest BCUT2D eigenvalue weighted by Gasteiger charge is -2.16. The van der Waals surface area contributed by atoms with Gasteiger partial charge in [0.2, 0.25) is 5.88 Å². The fraction of sp³-hybridized carbons (Fsp3) is 0.0952. The van der Waals surface area contributed by atoms with Crippen molar-refractivity contribution in [1.82, 2.24) is 10.3 Å². The van der Waals surface area contributed by atoms with Crippen LogP contribution in [-0.2, 0) is 0 Å². The van der Waals surface area contributed by atoms with E-state index in [0.717, 1.165) is 18.2 Å². The van der Waals surface area contributed by atoms with Crippen molar-refractivity contribution in [3.63, 3.8) is 0 Å². The minimum atomic E-state index is -1.06. The van der Waals surface area contributed by atoms with Crippen molar-refractivity contribution in [2.24, 2.45) is 0 Å².